The van der Waals surface area contributed by atoms with Crippen molar-refractivity contribution in [1.82, 2.24) is 25.6 Å². The Kier molecular flexibility index (Phi) is 5.86. The molecule has 2 N–H and O–H groups in total. The zero-order valence-electron chi connectivity index (χ0n) is 15.4. The van der Waals surface area contributed by atoms with E-state index in [9.17, 15) is 4.79 Å². The number of fused-ring (bicyclic) bond motifs is 1. The maximum Gasteiger partial charge on any atom is 0.274 e. The fourth-order valence-electron chi connectivity index (χ4n) is 3.37. The van der Waals surface area contributed by atoms with Gasteiger partial charge in [0.1, 0.15) is 13.2 Å². The summed E-state index contributed by atoms with van der Waals surface area (Å²) in [6.45, 7) is 6.84. The number of hydrogen-bond donors (Lipinski definition) is 2. The Hall–Kier alpha value is -2.32. The molecule has 27 heavy (non-hydrogen) atoms. The van der Waals surface area contributed by atoms with Crippen molar-refractivity contribution >= 4 is 18.3 Å². The fourth-order valence-corrected chi connectivity index (χ4v) is 3.37. The highest BCUT2D eigenvalue weighted by molar-refractivity contribution is 5.93. The predicted molar refractivity (Wildman–Crippen MR) is 102 cm³/mol. The highest BCUT2D eigenvalue weighted by Crippen LogP contribution is 2.32. The maximum absolute atomic E-state index is 12.7. The molecule has 1 aromatic heterocycles. The van der Waals surface area contributed by atoms with E-state index in [1.807, 2.05) is 25.1 Å². The summed E-state index contributed by atoms with van der Waals surface area (Å²) in [6.07, 6.45) is 1.05. The number of carbonyl (C=O) groups excluding carboxylic acids is 1. The number of rotatable bonds is 3. The van der Waals surface area contributed by atoms with Crippen LogP contribution in [0.2, 0.25) is 0 Å². The van der Waals surface area contributed by atoms with Gasteiger partial charge < -0.3 is 20.1 Å². The zero-order valence-corrected chi connectivity index (χ0v) is 16.2. The number of nitrogens with zero attached hydrogens (tertiary/aromatic N) is 3. The number of piperidine rings is 1. The molecule has 0 radical (unpaired) electrons. The molecule has 1 amide bonds. The van der Waals surface area contributed by atoms with E-state index in [-0.39, 0.29) is 24.4 Å². The quantitative estimate of drug-likeness (QED) is 0.821. The summed E-state index contributed by atoms with van der Waals surface area (Å²) in [5.41, 5.74) is 1.82. The average Bonchev–Trinajstić information content (AvgIpc) is 3.05. The third-order valence-corrected chi connectivity index (χ3v) is 5.02. The van der Waals surface area contributed by atoms with Gasteiger partial charge in [-0.05, 0) is 37.9 Å². The minimum absolute atomic E-state index is 0. The molecule has 3 heterocycles. The van der Waals surface area contributed by atoms with Crippen molar-refractivity contribution in [3.63, 3.8) is 0 Å². The van der Waals surface area contributed by atoms with Gasteiger partial charge in [-0.1, -0.05) is 12.1 Å². The Balaban J connectivity index is 0.00000210. The Morgan fingerprint density at radius 1 is 1.30 bits per heavy atom. The molecule has 0 saturated carbocycles. The molecule has 1 aromatic carbocycles. The lowest BCUT2D eigenvalue weighted by atomic mass is 9.95. The number of halogens is 1. The molecule has 0 bridgehead atoms. The van der Waals surface area contributed by atoms with Gasteiger partial charge in [-0.2, -0.15) is 0 Å². The van der Waals surface area contributed by atoms with Gasteiger partial charge in [-0.15, -0.1) is 17.5 Å². The van der Waals surface area contributed by atoms with Crippen molar-refractivity contribution in [3.8, 4) is 17.2 Å². The van der Waals surface area contributed by atoms with Gasteiger partial charge in [-0.3, -0.25) is 4.79 Å². The molecule has 9 heteroatoms. The van der Waals surface area contributed by atoms with E-state index in [2.05, 4.69) is 27.9 Å². The number of ether oxygens (including phenoxy) is 2. The number of benzene rings is 1. The van der Waals surface area contributed by atoms with E-state index in [4.69, 9.17) is 9.47 Å². The van der Waals surface area contributed by atoms with Gasteiger partial charge >= 0.3 is 0 Å². The molecule has 2 atom stereocenters. The Labute approximate surface area is 164 Å². The lowest BCUT2D eigenvalue weighted by molar-refractivity contribution is 0.0909. The van der Waals surface area contributed by atoms with Gasteiger partial charge in [0.2, 0.25) is 0 Å². The highest BCUT2D eigenvalue weighted by atomic mass is 35.5. The maximum atomic E-state index is 12.7. The van der Waals surface area contributed by atoms with Crippen LogP contribution in [0.25, 0.3) is 5.69 Å². The van der Waals surface area contributed by atoms with Crippen molar-refractivity contribution in [1.29, 1.82) is 0 Å². The molecule has 2 unspecified atom stereocenters. The first-order valence-electron chi connectivity index (χ1n) is 8.97. The molecular weight excluding hydrogens is 370 g/mol. The minimum atomic E-state index is -0.188. The first-order valence-corrected chi connectivity index (χ1v) is 8.97. The molecule has 146 valence electrons. The predicted octanol–water partition coefficient (Wildman–Crippen LogP) is 1.50. The van der Waals surface area contributed by atoms with E-state index >= 15 is 0 Å². The van der Waals surface area contributed by atoms with E-state index in [1.165, 1.54) is 0 Å². The van der Waals surface area contributed by atoms with Crippen LogP contribution in [-0.4, -0.2) is 53.2 Å². The second-order valence-corrected chi connectivity index (χ2v) is 6.81. The van der Waals surface area contributed by atoms with Crippen LogP contribution in [0.5, 0.6) is 11.5 Å². The summed E-state index contributed by atoms with van der Waals surface area (Å²) in [5, 5.41) is 14.7. The number of hydrogen-bond acceptors (Lipinski definition) is 6. The summed E-state index contributed by atoms with van der Waals surface area (Å²) < 4.78 is 12.8. The van der Waals surface area contributed by atoms with Gasteiger partial charge in [0, 0.05) is 18.7 Å². The van der Waals surface area contributed by atoms with Gasteiger partial charge in [-0.25, -0.2) is 4.68 Å². The van der Waals surface area contributed by atoms with Crippen molar-refractivity contribution in [2.75, 3.05) is 26.3 Å². The molecule has 0 aliphatic carbocycles. The van der Waals surface area contributed by atoms with Gasteiger partial charge in [0.05, 0.1) is 11.4 Å². The minimum Gasteiger partial charge on any atom is -0.486 e. The van der Waals surface area contributed by atoms with Crippen LogP contribution in [0.1, 0.15) is 29.5 Å². The number of amides is 1. The third kappa shape index (κ3) is 3.86. The summed E-state index contributed by atoms with van der Waals surface area (Å²) in [6, 6.07) is 5.69. The molecule has 4 rings (SSSR count). The lowest BCUT2D eigenvalue weighted by Crippen LogP contribution is -2.50. The van der Waals surface area contributed by atoms with Crippen molar-refractivity contribution in [3.05, 3.63) is 29.6 Å². The average molecular weight is 394 g/mol. The molecule has 2 aromatic rings. The molecule has 2 aliphatic heterocycles. The van der Waals surface area contributed by atoms with Gasteiger partial charge in [0.15, 0.2) is 17.2 Å². The molecule has 1 saturated heterocycles. The molecule has 2 aliphatic rings. The van der Waals surface area contributed by atoms with Crippen molar-refractivity contribution in [2.45, 2.75) is 26.3 Å². The summed E-state index contributed by atoms with van der Waals surface area (Å²) in [4.78, 5) is 12.7. The topological polar surface area (TPSA) is 90.3 Å². The van der Waals surface area contributed by atoms with E-state index in [1.54, 1.807) is 4.68 Å². The Morgan fingerprint density at radius 2 is 2.07 bits per heavy atom. The number of carbonyl (C=O) groups is 1. The first kappa shape index (κ1) is 19.4. The monoisotopic (exact) mass is 393 g/mol. The van der Waals surface area contributed by atoms with Crippen molar-refractivity contribution < 1.29 is 14.3 Å². The van der Waals surface area contributed by atoms with Crippen LogP contribution < -0.4 is 20.1 Å². The second-order valence-electron chi connectivity index (χ2n) is 6.81. The second kappa shape index (κ2) is 8.14. The lowest BCUT2D eigenvalue weighted by Gasteiger charge is -2.29. The van der Waals surface area contributed by atoms with E-state index in [0.717, 1.165) is 30.9 Å². The van der Waals surface area contributed by atoms with Crippen LogP contribution in [0.3, 0.4) is 0 Å². The van der Waals surface area contributed by atoms with Crippen LogP contribution in [0, 0.1) is 12.8 Å². The first-order chi connectivity index (χ1) is 12.6. The highest BCUT2D eigenvalue weighted by Gasteiger charge is 2.26. The normalized spacial score (nSPS) is 21.3. The smallest absolute Gasteiger partial charge is 0.274 e. The fraction of sp³-hybridized carbons (Fsp3) is 0.500. The van der Waals surface area contributed by atoms with Crippen LogP contribution in [0.15, 0.2) is 18.2 Å². The Bertz CT molecular complexity index is 825. The van der Waals surface area contributed by atoms with Crippen LogP contribution in [0.4, 0.5) is 0 Å². The third-order valence-electron chi connectivity index (χ3n) is 5.02. The number of aromatic nitrogens is 3. The largest absolute Gasteiger partial charge is 0.486 e. The Morgan fingerprint density at radius 3 is 2.85 bits per heavy atom. The van der Waals surface area contributed by atoms with Crippen LogP contribution >= 0.6 is 12.4 Å². The molecule has 8 nitrogen and oxygen atoms in total. The van der Waals surface area contributed by atoms with E-state index in [0.29, 0.717) is 36.3 Å². The van der Waals surface area contributed by atoms with E-state index < -0.39 is 0 Å². The summed E-state index contributed by atoms with van der Waals surface area (Å²) in [5.74, 6) is 1.64. The zero-order chi connectivity index (χ0) is 18.1. The molecular formula is C18H24ClN5O3. The van der Waals surface area contributed by atoms with Crippen molar-refractivity contribution in [2.24, 2.45) is 5.92 Å². The SMILES string of the molecule is Cc1c(C(=O)NC2CNCCC2C)nnn1-c1ccc2c(c1)OCCO2.Cl. The molecule has 1 fully saturated rings. The summed E-state index contributed by atoms with van der Waals surface area (Å²) >= 11 is 0. The number of nitrogens with one attached hydrogen (secondary N) is 2. The van der Waals surface area contributed by atoms with Gasteiger partial charge in [0.25, 0.3) is 5.91 Å². The summed E-state index contributed by atoms with van der Waals surface area (Å²) in [7, 11) is 0. The standard InChI is InChI=1S/C18H23N5O3.ClH/c1-11-5-6-19-10-14(11)20-18(24)17-12(2)23(22-21-17)13-3-4-15-16(9-13)26-8-7-25-15;/h3-4,9,11,14,19H,5-8,10H2,1-2H3,(H,20,24);1H. The van der Waals surface area contributed by atoms with Crippen LogP contribution in [-0.2, 0) is 0 Å². The molecule has 0 spiro atoms.